The Kier molecular flexibility index (Phi) is 8.85. The SMILES string of the molecule is CN=C(NCC1CN2CCN1CC2)NC1CCN(C(=O)COC)CC1.I. The number of piperidine rings is 1. The molecule has 0 aromatic heterocycles. The monoisotopic (exact) mass is 480 g/mol. The molecule has 4 saturated heterocycles. The Morgan fingerprint density at radius 3 is 2.38 bits per heavy atom. The molecule has 1 unspecified atom stereocenters. The van der Waals surface area contributed by atoms with Gasteiger partial charge in [0.15, 0.2) is 5.96 Å². The largest absolute Gasteiger partial charge is 0.375 e. The van der Waals surface area contributed by atoms with Crippen LogP contribution in [0.2, 0.25) is 0 Å². The van der Waals surface area contributed by atoms with E-state index in [4.69, 9.17) is 4.74 Å². The standard InChI is InChI=1S/C17H32N6O2.HI/c1-18-17(19-11-15-12-21-7-9-22(15)10-8-21)20-14-3-5-23(6-4-14)16(24)13-25-2;/h14-15H,3-13H2,1-2H3,(H2,18,19,20);1H. The van der Waals surface area contributed by atoms with Gasteiger partial charge in [0, 0.05) is 78.6 Å². The molecule has 4 heterocycles. The van der Waals surface area contributed by atoms with Gasteiger partial charge < -0.3 is 20.3 Å². The molecule has 0 radical (unpaired) electrons. The first-order chi connectivity index (χ1) is 12.2. The summed E-state index contributed by atoms with van der Waals surface area (Å²) in [5, 5.41) is 7.01. The maximum atomic E-state index is 11.9. The van der Waals surface area contributed by atoms with Crippen LogP contribution in [0.1, 0.15) is 12.8 Å². The lowest BCUT2D eigenvalue weighted by Crippen LogP contribution is -2.64. The molecular weight excluding hydrogens is 447 g/mol. The lowest BCUT2D eigenvalue weighted by molar-refractivity contribution is -0.136. The normalized spacial score (nSPS) is 29.2. The number of halogens is 1. The number of nitrogens with one attached hydrogen (secondary N) is 2. The topological polar surface area (TPSA) is 72.4 Å². The van der Waals surface area contributed by atoms with Gasteiger partial charge in [0.05, 0.1) is 0 Å². The van der Waals surface area contributed by atoms with Crippen LogP contribution in [-0.4, -0.2) is 112 Å². The summed E-state index contributed by atoms with van der Waals surface area (Å²) in [7, 11) is 3.39. The van der Waals surface area contributed by atoms with Crippen molar-refractivity contribution in [3.05, 3.63) is 0 Å². The van der Waals surface area contributed by atoms with Gasteiger partial charge in [-0.15, -0.1) is 24.0 Å². The predicted octanol–water partition coefficient (Wildman–Crippen LogP) is -0.593. The van der Waals surface area contributed by atoms with Crippen LogP contribution < -0.4 is 10.6 Å². The Hall–Kier alpha value is -0.650. The first-order valence-corrected chi connectivity index (χ1v) is 9.40. The second-order valence-electron chi connectivity index (χ2n) is 7.18. The smallest absolute Gasteiger partial charge is 0.248 e. The number of nitrogens with zero attached hydrogens (tertiary/aromatic N) is 4. The average Bonchev–Trinajstić information content (AvgIpc) is 2.66. The van der Waals surface area contributed by atoms with Crippen molar-refractivity contribution in [2.45, 2.75) is 24.9 Å². The maximum absolute atomic E-state index is 11.9. The second-order valence-corrected chi connectivity index (χ2v) is 7.18. The first-order valence-electron chi connectivity index (χ1n) is 9.40. The number of fused-ring (bicyclic) bond motifs is 3. The average molecular weight is 480 g/mol. The van der Waals surface area contributed by atoms with E-state index < -0.39 is 0 Å². The third-order valence-corrected chi connectivity index (χ3v) is 5.58. The van der Waals surface area contributed by atoms with Gasteiger partial charge in [-0.05, 0) is 12.8 Å². The molecule has 0 spiro atoms. The van der Waals surface area contributed by atoms with Crippen molar-refractivity contribution in [2.24, 2.45) is 4.99 Å². The molecule has 4 aliphatic rings. The number of rotatable bonds is 5. The number of piperazine rings is 3. The number of hydrogen-bond acceptors (Lipinski definition) is 5. The van der Waals surface area contributed by atoms with Gasteiger partial charge in [0.25, 0.3) is 0 Å². The van der Waals surface area contributed by atoms with E-state index >= 15 is 0 Å². The molecule has 0 aliphatic carbocycles. The zero-order valence-corrected chi connectivity index (χ0v) is 18.3. The summed E-state index contributed by atoms with van der Waals surface area (Å²) in [5.41, 5.74) is 0. The van der Waals surface area contributed by atoms with Crippen molar-refractivity contribution >= 4 is 35.8 Å². The Balaban J connectivity index is 0.00000243. The number of likely N-dealkylation sites (tertiary alicyclic amines) is 1. The molecule has 8 nitrogen and oxygen atoms in total. The highest BCUT2D eigenvalue weighted by Gasteiger charge is 2.31. The summed E-state index contributed by atoms with van der Waals surface area (Å²) in [4.78, 5) is 23.3. The van der Waals surface area contributed by atoms with Crippen LogP contribution in [-0.2, 0) is 9.53 Å². The first kappa shape index (κ1) is 21.6. The number of ether oxygens (including phenoxy) is 1. The maximum Gasteiger partial charge on any atom is 0.248 e. The van der Waals surface area contributed by atoms with Gasteiger partial charge >= 0.3 is 0 Å². The van der Waals surface area contributed by atoms with E-state index in [1.807, 2.05) is 11.9 Å². The highest BCUT2D eigenvalue weighted by Crippen LogP contribution is 2.15. The molecule has 4 aliphatic heterocycles. The molecule has 150 valence electrons. The molecule has 0 aromatic carbocycles. The fraction of sp³-hybridized carbons (Fsp3) is 0.882. The summed E-state index contributed by atoms with van der Waals surface area (Å²) >= 11 is 0. The lowest BCUT2D eigenvalue weighted by Gasteiger charge is -2.47. The third-order valence-electron chi connectivity index (χ3n) is 5.58. The highest BCUT2D eigenvalue weighted by atomic mass is 127. The number of carbonyl (C=O) groups is 1. The van der Waals surface area contributed by atoms with E-state index in [1.165, 1.54) is 26.2 Å². The molecule has 0 saturated carbocycles. The van der Waals surface area contributed by atoms with Crippen molar-refractivity contribution in [3.63, 3.8) is 0 Å². The van der Waals surface area contributed by atoms with Gasteiger partial charge in [-0.2, -0.15) is 0 Å². The molecule has 26 heavy (non-hydrogen) atoms. The number of carbonyl (C=O) groups excluding carboxylic acids is 1. The Labute approximate surface area is 173 Å². The fourth-order valence-electron chi connectivity index (χ4n) is 4.01. The number of hydrogen-bond donors (Lipinski definition) is 2. The molecule has 1 atom stereocenters. The minimum Gasteiger partial charge on any atom is -0.375 e. The summed E-state index contributed by atoms with van der Waals surface area (Å²) in [5.74, 6) is 0.958. The Morgan fingerprint density at radius 2 is 1.85 bits per heavy atom. The van der Waals surface area contributed by atoms with E-state index in [0.29, 0.717) is 12.1 Å². The zero-order chi connectivity index (χ0) is 17.6. The summed E-state index contributed by atoms with van der Waals surface area (Å²) < 4.78 is 4.93. The molecule has 1 amide bonds. The van der Waals surface area contributed by atoms with Gasteiger partial charge in [-0.25, -0.2) is 0 Å². The number of amides is 1. The van der Waals surface area contributed by atoms with Crippen LogP contribution in [0.3, 0.4) is 0 Å². The van der Waals surface area contributed by atoms with Crippen molar-refractivity contribution in [1.29, 1.82) is 0 Å². The van der Waals surface area contributed by atoms with Crippen molar-refractivity contribution in [1.82, 2.24) is 25.3 Å². The lowest BCUT2D eigenvalue weighted by atomic mass is 10.1. The quantitative estimate of drug-likeness (QED) is 0.312. The van der Waals surface area contributed by atoms with Gasteiger partial charge in [0.2, 0.25) is 5.91 Å². The van der Waals surface area contributed by atoms with Crippen molar-refractivity contribution < 1.29 is 9.53 Å². The van der Waals surface area contributed by atoms with Crippen LogP contribution >= 0.6 is 24.0 Å². The van der Waals surface area contributed by atoms with Gasteiger partial charge in [-0.3, -0.25) is 19.6 Å². The van der Waals surface area contributed by atoms with E-state index in [2.05, 4.69) is 25.4 Å². The molecular formula is C17H33IN6O2. The summed E-state index contributed by atoms with van der Waals surface area (Å²) in [6.07, 6.45) is 1.89. The highest BCUT2D eigenvalue weighted by molar-refractivity contribution is 14.0. The molecule has 2 N–H and O–H groups in total. The summed E-state index contributed by atoms with van der Waals surface area (Å²) in [6.45, 7) is 8.62. The van der Waals surface area contributed by atoms with Gasteiger partial charge in [-0.1, -0.05) is 0 Å². The van der Waals surface area contributed by atoms with Crippen LogP contribution in [0.4, 0.5) is 0 Å². The molecule has 2 bridgehead atoms. The molecule has 4 fully saturated rings. The Bertz CT molecular complexity index is 476. The van der Waals surface area contributed by atoms with Crippen LogP contribution in [0, 0.1) is 0 Å². The van der Waals surface area contributed by atoms with Crippen LogP contribution in [0.25, 0.3) is 0 Å². The summed E-state index contributed by atoms with van der Waals surface area (Å²) in [6, 6.07) is 0.944. The van der Waals surface area contributed by atoms with Crippen LogP contribution in [0.5, 0.6) is 0 Å². The van der Waals surface area contributed by atoms with E-state index in [0.717, 1.165) is 45.0 Å². The van der Waals surface area contributed by atoms with Crippen molar-refractivity contribution in [2.75, 3.05) is 73.1 Å². The zero-order valence-electron chi connectivity index (χ0n) is 15.9. The fourth-order valence-corrected chi connectivity index (χ4v) is 4.01. The van der Waals surface area contributed by atoms with Crippen molar-refractivity contribution in [3.8, 4) is 0 Å². The minimum absolute atomic E-state index is 0. The molecule has 4 rings (SSSR count). The molecule has 9 heteroatoms. The second kappa shape index (κ2) is 10.6. The van der Waals surface area contributed by atoms with E-state index in [-0.39, 0.29) is 36.5 Å². The predicted molar refractivity (Wildman–Crippen MR) is 113 cm³/mol. The number of aliphatic imine (C=N–C) groups is 1. The van der Waals surface area contributed by atoms with E-state index in [9.17, 15) is 4.79 Å². The number of methoxy groups -OCH3 is 1. The number of guanidine groups is 1. The van der Waals surface area contributed by atoms with Gasteiger partial charge in [0.1, 0.15) is 6.61 Å². The Morgan fingerprint density at radius 1 is 1.15 bits per heavy atom. The van der Waals surface area contributed by atoms with Crippen LogP contribution in [0.15, 0.2) is 4.99 Å². The minimum atomic E-state index is 0. The molecule has 0 aromatic rings. The third kappa shape index (κ3) is 5.67. The van der Waals surface area contributed by atoms with E-state index in [1.54, 1.807) is 7.11 Å².